The topological polar surface area (TPSA) is 47.6 Å². The minimum Gasteiger partial charge on any atom is -0.493 e. The van der Waals surface area contributed by atoms with E-state index in [1.807, 2.05) is 18.2 Å². The van der Waals surface area contributed by atoms with Crippen molar-refractivity contribution < 1.29 is 14.3 Å². The molecule has 4 heteroatoms. The Labute approximate surface area is 119 Å². The van der Waals surface area contributed by atoms with Gasteiger partial charge in [0.15, 0.2) is 0 Å². The summed E-state index contributed by atoms with van der Waals surface area (Å²) in [4.78, 5) is 12.1. The molecule has 2 aliphatic heterocycles. The van der Waals surface area contributed by atoms with E-state index >= 15 is 0 Å². The van der Waals surface area contributed by atoms with Crippen LogP contribution < -0.4 is 10.1 Å². The van der Waals surface area contributed by atoms with Crippen LogP contribution >= 0.6 is 0 Å². The third-order valence-electron chi connectivity index (χ3n) is 4.07. The standard InChI is InChI=1S/C16H21NO3/c18-16(17-11-13-4-3-8-19-13)10-12-7-9-20-15-6-2-1-5-14(12)15/h1-2,5-6,12-13H,3-4,7-11H2,(H,17,18). The summed E-state index contributed by atoms with van der Waals surface area (Å²) in [5, 5.41) is 3.00. The summed E-state index contributed by atoms with van der Waals surface area (Å²) in [5.41, 5.74) is 1.16. The predicted molar refractivity (Wildman–Crippen MR) is 75.9 cm³/mol. The second kappa shape index (κ2) is 6.27. The number of ether oxygens (including phenoxy) is 2. The molecule has 3 rings (SSSR count). The summed E-state index contributed by atoms with van der Waals surface area (Å²) in [7, 11) is 0. The van der Waals surface area contributed by atoms with Gasteiger partial charge in [0, 0.05) is 19.6 Å². The maximum atomic E-state index is 12.1. The monoisotopic (exact) mass is 275 g/mol. The zero-order valence-electron chi connectivity index (χ0n) is 11.6. The van der Waals surface area contributed by atoms with Crippen molar-refractivity contribution in [3.63, 3.8) is 0 Å². The van der Waals surface area contributed by atoms with Crippen LogP contribution in [0.3, 0.4) is 0 Å². The van der Waals surface area contributed by atoms with Crippen molar-refractivity contribution in [3.05, 3.63) is 29.8 Å². The smallest absolute Gasteiger partial charge is 0.220 e. The molecule has 4 nitrogen and oxygen atoms in total. The second-order valence-corrected chi connectivity index (χ2v) is 5.52. The van der Waals surface area contributed by atoms with Crippen molar-refractivity contribution >= 4 is 5.91 Å². The lowest BCUT2D eigenvalue weighted by Crippen LogP contribution is -2.33. The van der Waals surface area contributed by atoms with Crippen LogP contribution in [-0.2, 0) is 9.53 Å². The van der Waals surface area contributed by atoms with Gasteiger partial charge >= 0.3 is 0 Å². The van der Waals surface area contributed by atoms with Crippen molar-refractivity contribution in [2.45, 2.75) is 37.7 Å². The number of para-hydroxylation sites is 1. The quantitative estimate of drug-likeness (QED) is 0.916. The molecule has 2 atom stereocenters. The number of hydrogen-bond acceptors (Lipinski definition) is 3. The van der Waals surface area contributed by atoms with E-state index in [0.717, 1.165) is 37.2 Å². The van der Waals surface area contributed by atoms with E-state index < -0.39 is 0 Å². The molecular formula is C16H21NO3. The summed E-state index contributed by atoms with van der Waals surface area (Å²) in [5.74, 6) is 1.31. The molecule has 2 heterocycles. The normalized spacial score (nSPS) is 24.8. The molecule has 1 aromatic rings. The van der Waals surface area contributed by atoms with Gasteiger partial charge in [-0.2, -0.15) is 0 Å². The van der Waals surface area contributed by atoms with Crippen molar-refractivity contribution in [1.82, 2.24) is 5.32 Å². The fraction of sp³-hybridized carbons (Fsp3) is 0.562. The Hall–Kier alpha value is -1.55. The molecule has 0 saturated carbocycles. The van der Waals surface area contributed by atoms with Crippen LogP contribution in [0.15, 0.2) is 24.3 Å². The van der Waals surface area contributed by atoms with Gasteiger partial charge in [-0.3, -0.25) is 4.79 Å². The van der Waals surface area contributed by atoms with E-state index in [-0.39, 0.29) is 17.9 Å². The lowest BCUT2D eigenvalue weighted by atomic mass is 9.90. The summed E-state index contributed by atoms with van der Waals surface area (Å²) in [6, 6.07) is 8.02. The Kier molecular flexibility index (Phi) is 4.21. The maximum Gasteiger partial charge on any atom is 0.220 e. The molecule has 1 saturated heterocycles. The van der Waals surface area contributed by atoms with E-state index in [0.29, 0.717) is 19.6 Å². The predicted octanol–water partition coefficient (Wildman–Crippen LogP) is 2.24. The Balaban J connectivity index is 1.54. The molecule has 20 heavy (non-hydrogen) atoms. The van der Waals surface area contributed by atoms with Gasteiger partial charge in [0.2, 0.25) is 5.91 Å². The zero-order valence-corrected chi connectivity index (χ0v) is 11.6. The fourth-order valence-corrected chi connectivity index (χ4v) is 2.96. The average molecular weight is 275 g/mol. The first-order valence-electron chi connectivity index (χ1n) is 7.43. The van der Waals surface area contributed by atoms with Crippen LogP contribution in [-0.4, -0.2) is 31.8 Å². The van der Waals surface area contributed by atoms with Crippen LogP contribution in [0.2, 0.25) is 0 Å². The SMILES string of the molecule is O=C(CC1CCOc2ccccc21)NCC1CCCO1. The molecule has 108 valence electrons. The number of benzene rings is 1. The molecule has 1 aromatic carbocycles. The van der Waals surface area contributed by atoms with Crippen LogP contribution in [0.1, 0.15) is 37.2 Å². The van der Waals surface area contributed by atoms with Gasteiger partial charge in [0.05, 0.1) is 12.7 Å². The highest BCUT2D eigenvalue weighted by Crippen LogP contribution is 2.35. The first-order chi connectivity index (χ1) is 9.83. The summed E-state index contributed by atoms with van der Waals surface area (Å²) >= 11 is 0. The van der Waals surface area contributed by atoms with Crippen LogP contribution in [0, 0.1) is 0 Å². The highest BCUT2D eigenvalue weighted by molar-refractivity contribution is 5.77. The van der Waals surface area contributed by atoms with Crippen LogP contribution in [0.4, 0.5) is 0 Å². The number of carbonyl (C=O) groups is 1. The number of hydrogen-bond donors (Lipinski definition) is 1. The molecular weight excluding hydrogens is 254 g/mol. The van der Waals surface area contributed by atoms with Gasteiger partial charge in [-0.25, -0.2) is 0 Å². The molecule has 2 aliphatic rings. The molecule has 1 fully saturated rings. The average Bonchev–Trinajstić information content (AvgIpc) is 2.99. The summed E-state index contributed by atoms with van der Waals surface area (Å²) in [6.45, 7) is 2.16. The molecule has 0 aromatic heterocycles. The number of fused-ring (bicyclic) bond motifs is 1. The third-order valence-corrected chi connectivity index (χ3v) is 4.07. The Bertz CT molecular complexity index is 469. The molecule has 0 bridgehead atoms. The van der Waals surface area contributed by atoms with Crippen molar-refractivity contribution in [2.24, 2.45) is 0 Å². The van der Waals surface area contributed by atoms with Gasteiger partial charge in [-0.05, 0) is 36.8 Å². The van der Waals surface area contributed by atoms with E-state index in [4.69, 9.17) is 9.47 Å². The van der Waals surface area contributed by atoms with Gasteiger partial charge in [-0.15, -0.1) is 0 Å². The summed E-state index contributed by atoms with van der Waals surface area (Å²) < 4.78 is 11.1. The fourth-order valence-electron chi connectivity index (χ4n) is 2.96. The molecule has 0 radical (unpaired) electrons. The Morgan fingerprint density at radius 1 is 1.25 bits per heavy atom. The third kappa shape index (κ3) is 3.12. The molecule has 1 N–H and O–H groups in total. The molecule has 2 unspecified atom stereocenters. The Morgan fingerprint density at radius 3 is 3.00 bits per heavy atom. The number of amides is 1. The highest BCUT2D eigenvalue weighted by Gasteiger charge is 2.24. The van der Waals surface area contributed by atoms with E-state index in [1.165, 1.54) is 0 Å². The molecule has 1 amide bonds. The number of rotatable bonds is 4. The minimum absolute atomic E-state index is 0.113. The minimum atomic E-state index is 0.113. The van der Waals surface area contributed by atoms with Crippen LogP contribution in [0.5, 0.6) is 5.75 Å². The lowest BCUT2D eigenvalue weighted by Gasteiger charge is -2.25. The first-order valence-corrected chi connectivity index (χ1v) is 7.43. The van der Waals surface area contributed by atoms with E-state index in [9.17, 15) is 4.79 Å². The van der Waals surface area contributed by atoms with E-state index in [1.54, 1.807) is 0 Å². The number of nitrogens with one attached hydrogen (secondary N) is 1. The van der Waals surface area contributed by atoms with Crippen molar-refractivity contribution in [2.75, 3.05) is 19.8 Å². The van der Waals surface area contributed by atoms with Crippen LogP contribution in [0.25, 0.3) is 0 Å². The van der Waals surface area contributed by atoms with Crippen molar-refractivity contribution in [3.8, 4) is 5.75 Å². The second-order valence-electron chi connectivity index (χ2n) is 5.52. The van der Waals surface area contributed by atoms with Gasteiger partial charge in [0.1, 0.15) is 5.75 Å². The van der Waals surface area contributed by atoms with Crippen molar-refractivity contribution in [1.29, 1.82) is 0 Å². The van der Waals surface area contributed by atoms with E-state index in [2.05, 4.69) is 11.4 Å². The molecule has 0 aliphatic carbocycles. The lowest BCUT2D eigenvalue weighted by molar-refractivity contribution is -0.122. The zero-order chi connectivity index (χ0) is 13.8. The van der Waals surface area contributed by atoms with Gasteiger partial charge in [0.25, 0.3) is 0 Å². The Morgan fingerprint density at radius 2 is 2.15 bits per heavy atom. The van der Waals surface area contributed by atoms with Gasteiger partial charge in [-0.1, -0.05) is 18.2 Å². The maximum absolute atomic E-state index is 12.1. The first kappa shape index (κ1) is 13.4. The highest BCUT2D eigenvalue weighted by atomic mass is 16.5. The largest absolute Gasteiger partial charge is 0.493 e. The summed E-state index contributed by atoms with van der Waals surface area (Å²) in [6.07, 6.45) is 3.81. The number of carbonyl (C=O) groups excluding carboxylic acids is 1. The molecule has 0 spiro atoms. The van der Waals surface area contributed by atoms with Gasteiger partial charge < -0.3 is 14.8 Å².